The van der Waals surface area contributed by atoms with Gasteiger partial charge in [0.05, 0.1) is 0 Å². The third-order valence-corrected chi connectivity index (χ3v) is 4.70. The summed E-state index contributed by atoms with van der Waals surface area (Å²) in [6.45, 7) is 6.72. The number of amides is 1. The molecule has 0 radical (unpaired) electrons. The van der Waals surface area contributed by atoms with Gasteiger partial charge in [-0.1, -0.05) is 19.1 Å². The lowest BCUT2D eigenvalue weighted by atomic mass is 10.2. The number of rotatable bonds is 5. The van der Waals surface area contributed by atoms with E-state index in [0.29, 0.717) is 19.5 Å². The number of aryl methyl sites for hydroxylation is 1. The van der Waals surface area contributed by atoms with E-state index < -0.39 is 6.10 Å². The molecule has 0 spiro atoms. The summed E-state index contributed by atoms with van der Waals surface area (Å²) in [5.74, 6) is 0.532. The van der Waals surface area contributed by atoms with Crippen LogP contribution in [-0.2, 0) is 4.79 Å². The van der Waals surface area contributed by atoms with Gasteiger partial charge in [0.15, 0.2) is 6.10 Å². The normalized spacial score (nSPS) is 15.7. The van der Waals surface area contributed by atoms with Gasteiger partial charge in [-0.15, -0.1) is 0 Å². The van der Waals surface area contributed by atoms with Gasteiger partial charge in [-0.3, -0.25) is 4.79 Å². The van der Waals surface area contributed by atoms with Crippen molar-refractivity contribution in [2.45, 2.75) is 26.4 Å². The molecule has 0 aromatic heterocycles. The highest BCUT2D eigenvalue weighted by Gasteiger charge is 2.28. The molecule has 138 valence electrons. The number of halogens is 1. The molecular weight excluding hydrogens is 331 g/mol. The summed E-state index contributed by atoms with van der Waals surface area (Å²) in [5.41, 5.74) is 2.10. The zero-order chi connectivity index (χ0) is 18.5. The van der Waals surface area contributed by atoms with Crippen molar-refractivity contribution in [2.24, 2.45) is 0 Å². The zero-order valence-corrected chi connectivity index (χ0v) is 15.3. The van der Waals surface area contributed by atoms with Gasteiger partial charge in [-0.25, -0.2) is 4.39 Å². The number of piperazine rings is 1. The third-order valence-electron chi connectivity index (χ3n) is 4.70. The first-order valence-corrected chi connectivity index (χ1v) is 9.09. The molecule has 0 bridgehead atoms. The second-order valence-corrected chi connectivity index (χ2v) is 6.62. The molecule has 1 aliphatic rings. The Balaban J connectivity index is 1.58. The van der Waals surface area contributed by atoms with Crippen LogP contribution in [0.25, 0.3) is 0 Å². The van der Waals surface area contributed by atoms with Gasteiger partial charge in [0.2, 0.25) is 0 Å². The fourth-order valence-electron chi connectivity index (χ4n) is 3.20. The number of ether oxygens (including phenoxy) is 1. The first-order valence-electron chi connectivity index (χ1n) is 9.09. The van der Waals surface area contributed by atoms with E-state index in [4.69, 9.17) is 4.74 Å². The molecule has 0 unspecified atom stereocenters. The average Bonchev–Trinajstić information content (AvgIpc) is 2.66. The number of hydrogen-bond donors (Lipinski definition) is 0. The van der Waals surface area contributed by atoms with Crippen LogP contribution in [0.4, 0.5) is 10.1 Å². The SMILES string of the molecule is CC[C@@H](Oc1cccc(C)c1)C(=O)N1CCN(c2ccc(F)cc2)CC1. The predicted octanol–water partition coefficient (Wildman–Crippen LogP) is 3.64. The van der Waals surface area contributed by atoms with Crippen molar-refractivity contribution in [3.05, 3.63) is 59.9 Å². The fraction of sp³-hybridized carbons (Fsp3) is 0.381. The van der Waals surface area contributed by atoms with Gasteiger partial charge in [0.1, 0.15) is 11.6 Å². The maximum Gasteiger partial charge on any atom is 0.263 e. The molecule has 3 rings (SSSR count). The molecule has 0 N–H and O–H groups in total. The van der Waals surface area contributed by atoms with Crippen molar-refractivity contribution in [1.29, 1.82) is 0 Å². The van der Waals surface area contributed by atoms with Crippen molar-refractivity contribution < 1.29 is 13.9 Å². The Morgan fingerprint density at radius 2 is 1.81 bits per heavy atom. The first kappa shape index (κ1) is 18.2. The monoisotopic (exact) mass is 356 g/mol. The van der Waals surface area contributed by atoms with Crippen LogP contribution >= 0.6 is 0 Å². The molecule has 4 nitrogen and oxygen atoms in total. The summed E-state index contributed by atoms with van der Waals surface area (Å²) < 4.78 is 19.0. The maximum absolute atomic E-state index is 13.1. The minimum absolute atomic E-state index is 0.0350. The number of nitrogens with zero attached hydrogens (tertiary/aromatic N) is 2. The number of hydrogen-bond acceptors (Lipinski definition) is 3. The van der Waals surface area contributed by atoms with Crippen LogP contribution in [-0.4, -0.2) is 43.1 Å². The fourth-order valence-corrected chi connectivity index (χ4v) is 3.20. The van der Waals surface area contributed by atoms with Gasteiger partial charge in [-0.2, -0.15) is 0 Å². The minimum Gasteiger partial charge on any atom is -0.481 e. The average molecular weight is 356 g/mol. The Morgan fingerprint density at radius 1 is 1.12 bits per heavy atom. The summed E-state index contributed by atoms with van der Waals surface area (Å²) in [4.78, 5) is 16.9. The number of benzene rings is 2. The second-order valence-electron chi connectivity index (χ2n) is 6.62. The van der Waals surface area contributed by atoms with Crippen LogP contribution in [0.3, 0.4) is 0 Å². The Morgan fingerprint density at radius 3 is 2.42 bits per heavy atom. The standard InChI is InChI=1S/C21H25FN2O2/c1-3-20(26-19-6-4-5-16(2)15-19)21(25)24-13-11-23(12-14-24)18-9-7-17(22)8-10-18/h4-10,15,20H,3,11-14H2,1-2H3/t20-/m1/s1. The van der Waals surface area contributed by atoms with E-state index in [1.807, 2.05) is 43.0 Å². The lowest BCUT2D eigenvalue weighted by molar-refractivity contribution is -0.139. The largest absolute Gasteiger partial charge is 0.481 e. The van der Waals surface area contributed by atoms with E-state index in [2.05, 4.69) is 4.90 Å². The molecule has 1 heterocycles. The number of carbonyl (C=O) groups is 1. The highest BCUT2D eigenvalue weighted by molar-refractivity contribution is 5.81. The molecule has 1 aliphatic heterocycles. The Kier molecular flexibility index (Phi) is 5.76. The van der Waals surface area contributed by atoms with Crippen molar-refractivity contribution in [3.8, 4) is 5.75 Å². The third kappa shape index (κ3) is 4.34. The van der Waals surface area contributed by atoms with Gasteiger partial charge in [-0.05, 0) is 55.3 Å². The van der Waals surface area contributed by atoms with Gasteiger partial charge in [0, 0.05) is 31.9 Å². The van der Waals surface area contributed by atoms with Crippen LogP contribution < -0.4 is 9.64 Å². The smallest absolute Gasteiger partial charge is 0.263 e. The predicted molar refractivity (Wildman–Crippen MR) is 101 cm³/mol. The molecule has 1 fully saturated rings. The van der Waals surface area contributed by atoms with E-state index in [1.165, 1.54) is 12.1 Å². The quantitative estimate of drug-likeness (QED) is 0.820. The van der Waals surface area contributed by atoms with E-state index >= 15 is 0 Å². The highest BCUT2D eigenvalue weighted by Crippen LogP contribution is 2.19. The summed E-state index contributed by atoms with van der Waals surface area (Å²) >= 11 is 0. The lowest BCUT2D eigenvalue weighted by Crippen LogP contribution is -2.52. The van der Waals surface area contributed by atoms with Crippen molar-refractivity contribution in [3.63, 3.8) is 0 Å². The number of anilines is 1. The molecule has 26 heavy (non-hydrogen) atoms. The molecule has 1 atom stereocenters. The summed E-state index contributed by atoms with van der Waals surface area (Å²) in [5, 5.41) is 0. The molecule has 1 amide bonds. The Bertz CT molecular complexity index is 740. The van der Waals surface area contributed by atoms with Crippen molar-refractivity contribution >= 4 is 11.6 Å². The van der Waals surface area contributed by atoms with Crippen molar-refractivity contribution in [1.82, 2.24) is 4.90 Å². The van der Waals surface area contributed by atoms with Crippen molar-refractivity contribution in [2.75, 3.05) is 31.1 Å². The molecule has 5 heteroatoms. The summed E-state index contributed by atoms with van der Waals surface area (Å²) in [7, 11) is 0. The van der Waals surface area contributed by atoms with Crippen LogP contribution in [0, 0.1) is 12.7 Å². The summed E-state index contributed by atoms with van der Waals surface area (Å²) in [6, 6.07) is 14.3. The molecule has 0 saturated carbocycles. The molecule has 2 aromatic rings. The second kappa shape index (κ2) is 8.21. The van der Waals surface area contributed by atoms with E-state index in [0.717, 1.165) is 30.1 Å². The van der Waals surface area contributed by atoms with Crippen LogP contribution in [0.15, 0.2) is 48.5 Å². The molecular formula is C21H25FN2O2. The Hall–Kier alpha value is -2.56. The van der Waals surface area contributed by atoms with Gasteiger partial charge >= 0.3 is 0 Å². The highest BCUT2D eigenvalue weighted by atomic mass is 19.1. The Labute approximate surface area is 154 Å². The topological polar surface area (TPSA) is 32.8 Å². The van der Waals surface area contributed by atoms with E-state index in [1.54, 1.807) is 12.1 Å². The van der Waals surface area contributed by atoms with E-state index in [9.17, 15) is 9.18 Å². The molecule has 2 aromatic carbocycles. The minimum atomic E-state index is -0.464. The summed E-state index contributed by atoms with van der Waals surface area (Å²) in [6.07, 6.45) is 0.166. The zero-order valence-electron chi connectivity index (χ0n) is 15.3. The van der Waals surface area contributed by atoms with Crippen LogP contribution in [0.5, 0.6) is 5.75 Å². The molecule has 0 aliphatic carbocycles. The number of carbonyl (C=O) groups excluding carboxylic acids is 1. The van der Waals surface area contributed by atoms with Crippen LogP contribution in [0.2, 0.25) is 0 Å². The van der Waals surface area contributed by atoms with E-state index in [-0.39, 0.29) is 11.7 Å². The van der Waals surface area contributed by atoms with Gasteiger partial charge in [0.25, 0.3) is 5.91 Å². The maximum atomic E-state index is 13.1. The first-order chi connectivity index (χ1) is 12.6. The van der Waals surface area contributed by atoms with Crippen LogP contribution in [0.1, 0.15) is 18.9 Å². The molecule has 1 saturated heterocycles. The lowest BCUT2D eigenvalue weighted by Gasteiger charge is -2.37. The van der Waals surface area contributed by atoms with Gasteiger partial charge < -0.3 is 14.5 Å².